The molecule has 20 heavy (non-hydrogen) atoms. The van der Waals surface area contributed by atoms with Crippen LogP contribution in [0.5, 0.6) is 0 Å². The van der Waals surface area contributed by atoms with Crippen LogP contribution in [0.1, 0.15) is 12.7 Å². The fraction of sp³-hybridized carbons (Fsp3) is 0.583. The van der Waals surface area contributed by atoms with Crippen molar-refractivity contribution in [3.63, 3.8) is 0 Å². The van der Waals surface area contributed by atoms with Crippen molar-refractivity contribution in [2.24, 2.45) is 0 Å². The molecule has 0 saturated carbocycles. The first kappa shape index (κ1) is 14.5. The van der Waals surface area contributed by atoms with Gasteiger partial charge in [-0.2, -0.15) is 0 Å². The molecular weight excluding hydrogens is 262 g/mol. The van der Waals surface area contributed by atoms with Gasteiger partial charge < -0.3 is 15.0 Å². The van der Waals surface area contributed by atoms with Crippen molar-refractivity contribution in [2.75, 3.05) is 20.8 Å². The number of imidazole rings is 1. The number of aromatic nitrogens is 4. The van der Waals surface area contributed by atoms with Gasteiger partial charge in [0.05, 0.1) is 19.7 Å². The monoisotopic (exact) mass is 281 g/mol. The minimum Gasteiger partial charge on any atom is -0.383 e. The molecule has 2 N–H and O–H groups in total. The number of aromatic amines is 1. The van der Waals surface area contributed by atoms with Crippen molar-refractivity contribution in [3.8, 4) is 0 Å². The Morgan fingerprint density at radius 1 is 1.35 bits per heavy atom. The van der Waals surface area contributed by atoms with Gasteiger partial charge in [0.15, 0.2) is 5.65 Å². The Morgan fingerprint density at radius 2 is 2.10 bits per heavy atom. The third kappa shape index (κ3) is 2.39. The van der Waals surface area contributed by atoms with Gasteiger partial charge in [0, 0.05) is 13.7 Å². The molecule has 2 aromatic rings. The van der Waals surface area contributed by atoms with Crippen LogP contribution in [0, 0.1) is 0 Å². The van der Waals surface area contributed by atoms with Gasteiger partial charge in [-0.05, 0) is 14.0 Å². The summed E-state index contributed by atoms with van der Waals surface area (Å²) >= 11 is 0. The van der Waals surface area contributed by atoms with Crippen molar-refractivity contribution < 1.29 is 4.74 Å². The quantitative estimate of drug-likeness (QED) is 0.728. The first-order valence-electron chi connectivity index (χ1n) is 6.49. The van der Waals surface area contributed by atoms with E-state index >= 15 is 0 Å². The zero-order valence-corrected chi connectivity index (χ0v) is 11.9. The summed E-state index contributed by atoms with van der Waals surface area (Å²) < 4.78 is 7.68. The lowest BCUT2D eigenvalue weighted by molar-refractivity contribution is 0.186. The summed E-state index contributed by atoms with van der Waals surface area (Å²) in [6.07, 6.45) is 0. The number of rotatable bonds is 6. The van der Waals surface area contributed by atoms with E-state index in [9.17, 15) is 9.59 Å². The molecule has 0 aromatic carbocycles. The number of hydrogen-bond donors (Lipinski definition) is 2. The maximum atomic E-state index is 12.3. The standard InChI is InChI=1S/C12H19N5O3/c1-4-16-11(18)9-10(15-8(14-9)7-13-2)17(12(16)19)5-6-20-3/h13H,4-7H2,1-3H3,(H,14,15). The van der Waals surface area contributed by atoms with Crippen molar-refractivity contribution in [1.29, 1.82) is 0 Å². The highest BCUT2D eigenvalue weighted by Gasteiger charge is 2.16. The maximum Gasteiger partial charge on any atom is 0.332 e. The predicted molar refractivity (Wildman–Crippen MR) is 74.9 cm³/mol. The van der Waals surface area contributed by atoms with E-state index in [0.29, 0.717) is 43.2 Å². The first-order chi connectivity index (χ1) is 9.63. The highest BCUT2D eigenvalue weighted by molar-refractivity contribution is 5.69. The second-order valence-corrected chi connectivity index (χ2v) is 4.39. The molecule has 0 saturated heterocycles. The normalized spacial score (nSPS) is 11.3. The largest absolute Gasteiger partial charge is 0.383 e. The van der Waals surface area contributed by atoms with Gasteiger partial charge in [0.1, 0.15) is 11.3 Å². The second-order valence-electron chi connectivity index (χ2n) is 4.39. The Labute approximate surface area is 115 Å². The van der Waals surface area contributed by atoms with Crippen LogP contribution in [0.15, 0.2) is 9.59 Å². The summed E-state index contributed by atoms with van der Waals surface area (Å²) in [5, 5.41) is 2.96. The lowest BCUT2D eigenvalue weighted by Gasteiger charge is -2.09. The van der Waals surface area contributed by atoms with Gasteiger partial charge in [-0.25, -0.2) is 9.78 Å². The Morgan fingerprint density at radius 3 is 2.70 bits per heavy atom. The molecule has 0 unspecified atom stereocenters. The molecule has 0 fully saturated rings. The number of nitrogens with one attached hydrogen (secondary N) is 2. The molecule has 2 rings (SSSR count). The number of hydrogen-bond acceptors (Lipinski definition) is 5. The average molecular weight is 281 g/mol. The van der Waals surface area contributed by atoms with Crippen LogP contribution in [0.4, 0.5) is 0 Å². The third-order valence-corrected chi connectivity index (χ3v) is 3.09. The van der Waals surface area contributed by atoms with Crippen LogP contribution in [0.25, 0.3) is 11.2 Å². The van der Waals surface area contributed by atoms with Crippen molar-refractivity contribution in [3.05, 3.63) is 26.7 Å². The number of methoxy groups -OCH3 is 1. The molecule has 2 aromatic heterocycles. The average Bonchev–Trinajstić information content (AvgIpc) is 2.84. The summed E-state index contributed by atoms with van der Waals surface area (Å²) in [5.74, 6) is 0.624. The summed E-state index contributed by atoms with van der Waals surface area (Å²) in [5.41, 5.74) is 0.0420. The van der Waals surface area contributed by atoms with Crippen molar-refractivity contribution in [1.82, 2.24) is 24.4 Å². The highest BCUT2D eigenvalue weighted by atomic mass is 16.5. The van der Waals surface area contributed by atoms with E-state index in [0.717, 1.165) is 0 Å². The van der Waals surface area contributed by atoms with Crippen molar-refractivity contribution >= 4 is 11.2 Å². The van der Waals surface area contributed by atoms with Gasteiger partial charge in [0.2, 0.25) is 0 Å². The maximum absolute atomic E-state index is 12.3. The van der Waals surface area contributed by atoms with Gasteiger partial charge in [0.25, 0.3) is 5.56 Å². The Hall–Kier alpha value is -1.93. The van der Waals surface area contributed by atoms with Crippen molar-refractivity contribution in [2.45, 2.75) is 26.6 Å². The molecule has 0 amide bonds. The third-order valence-electron chi connectivity index (χ3n) is 3.09. The smallest absolute Gasteiger partial charge is 0.332 e. The fourth-order valence-corrected chi connectivity index (χ4v) is 2.13. The fourth-order valence-electron chi connectivity index (χ4n) is 2.13. The number of H-pyrrole nitrogens is 1. The molecule has 0 aliphatic rings. The molecule has 0 radical (unpaired) electrons. The van der Waals surface area contributed by atoms with Crippen LogP contribution in [0.3, 0.4) is 0 Å². The molecule has 0 atom stereocenters. The Balaban J connectivity index is 2.72. The minimum atomic E-state index is -0.357. The molecule has 8 nitrogen and oxygen atoms in total. The highest BCUT2D eigenvalue weighted by Crippen LogP contribution is 2.05. The first-order valence-corrected chi connectivity index (χ1v) is 6.49. The number of ether oxygens (including phenoxy) is 1. The lowest BCUT2D eigenvalue weighted by atomic mass is 10.5. The lowest BCUT2D eigenvalue weighted by Crippen LogP contribution is -2.40. The van der Waals surface area contributed by atoms with E-state index in [-0.39, 0.29) is 11.2 Å². The summed E-state index contributed by atoms with van der Waals surface area (Å²) in [4.78, 5) is 31.9. The zero-order chi connectivity index (χ0) is 14.7. The number of nitrogens with zero attached hydrogens (tertiary/aromatic N) is 3. The van der Waals surface area contributed by atoms with Crippen LogP contribution in [-0.2, 0) is 24.4 Å². The van der Waals surface area contributed by atoms with Crippen LogP contribution in [0.2, 0.25) is 0 Å². The molecule has 8 heteroatoms. The van der Waals surface area contributed by atoms with E-state index < -0.39 is 0 Å². The Kier molecular flexibility index (Phi) is 4.35. The Bertz CT molecular complexity index is 712. The minimum absolute atomic E-state index is 0.320. The van der Waals surface area contributed by atoms with Gasteiger partial charge in [-0.3, -0.25) is 13.9 Å². The number of fused-ring (bicyclic) bond motifs is 1. The van der Waals surface area contributed by atoms with E-state index in [1.807, 2.05) is 0 Å². The second kappa shape index (κ2) is 6.02. The van der Waals surface area contributed by atoms with Gasteiger partial charge >= 0.3 is 5.69 Å². The summed E-state index contributed by atoms with van der Waals surface area (Å²) in [6, 6.07) is 0. The molecule has 110 valence electrons. The summed E-state index contributed by atoms with van der Waals surface area (Å²) in [7, 11) is 3.35. The van der Waals surface area contributed by atoms with Crippen LogP contribution < -0.4 is 16.6 Å². The van der Waals surface area contributed by atoms with Gasteiger partial charge in [-0.1, -0.05) is 0 Å². The molecule has 0 aliphatic heterocycles. The topological polar surface area (TPSA) is 93.9 Å². The van der Waals surface area contributed by atoms with E-state index in [1.165, 1.54) is 9.13 Å². The predicted octanol–water partition coefficient (Wildman–Crippen LogP) is -0.728. The van der Waals surface area contributed by atoms with Crippen LogP contribution >= 0.6 is 0 Å². The molecule has 0 aliphatic carbocycles. The van der Waals surface area contributed by atoms with E-state index in [1.54, 1.807) is 21.1 Å². The van der Waals surface area contributed by atoms with Crippen LogP contribution in [-0.4, -0.2) is 39.9 Å². The summed E-state index contributed by atoms with van der Waals surface area (Å²) in [6.45, 7) is 3.32. The zero-order valence-electron chi connectivity index (χ0n) is 11.9. The molecular formula is C12H19N5O3. The molecule has 2 heterocycles. The molecule has 0 spiro atoms. The van der Waals surface area contributed by atoms with Gasteiger partial charge in [-0.15, -0.1) is 0 Å². The SMILES string of the molecule is CCn1c(=O)c2[nH]c(CNC)nc2n(CCOC)c1=O. The molecule has 0 bridgehead atoms. The van der Waals surface area contributed by atoms with E-state index in [4.69, 9.17) is 4.74 Å². The van der Waals surface area contributed by atoms with E-state index in [2.05, 4.69) is 15.3 Å².